The van der Waals surface area contributed by atoms with E-state index in [1.807, 2.05) is 47.0 Å². The number of nitrogens with zero attached hydrogens (tertiary/aromatic N) is 2. The number of aromatic nitrogens is 2. The van der Waals surface area contributed by atoms with Gasteiger partial charge in [0.05, 0.1) is 18.8 Å². The van der Waals surface area contributed by atoms with Crippen LogP contribution in [0.1, 0.15) is 29.9 Å². The summed E-state index contributed by atoms with van der Waals surface area (Å²) in [7, 11) is 0. The molecule has 0 aliphatic carbocycles. The number of benzene rings is 1. The summed E-state index contributed by atoms with van der Waals surface area (Å²) in [4.78, 5) is 17.0. The lowest BCUT2D eigenvalue weighted by Crippen LogP contribution is -2.42. The zero-order chi connectivity index (χ0) is 18.8. The molecule has 1 atom stereocenters. The summed E-state index contributed by atoms with van der Waals surface area (Å²) in [5, 5.41) is 3.02. The van der Waals surface area contributed by atoms with Gasteiger partial charge in [0.2, 0.25) is 0 Å². The number of hydrogen-bond donors (Lipinski definition) is 1. The molecule has 27 heavy (non-hydrogen) atoms. The largest absolute Gasteiger partial charge is 0.492 e. The van der Waals surface area contributed by atoms with Crippen molar-refractivity contribution in [2.45, 2.75) is 26.3 Å². The van der Waals surface area contributed by atoms with Crippen LogP contribution in [0.2, 0.25) is 0 Å². The first-order valence-electron chi connectivity index (χ1n) is 9.21. The van der Waals surface area contributed by atoms with Crippen LogP contribution in [0, 0.1) is 5.92 Å². The highest BCUT2D eigenvalue weighted by Crippen LogP contribution is 2.24. The maximum Gasteiger partial charge on any atom is 0.271 e. The minimum absolute atomic E-state index is 0.0675. The molecule has 0 fully saturated rings. The quantitative estimate of drug-likeness (QED) is 0.755. The number of rotatable bonds is 5. The molecule has 1 aromatic carbocycles. The number of amides is 1. The molecule has 4 rings (SSSR count). The van der Waals surface area contributed by atoms with Crippen molar-refractivity contribution in [2.75, 3.05) is 13.2 Å². The molecule has 0 unspecified atom stereocenters. The normalized spacial score (nSPS) is 16.0. The van der Waals surface area contributed by atoms with Gasteiger partial charge in [0.15, 0.2) is 0 Å². The van der Waals surface area contributed by atoms with E-state index >= 15 is 0 Å². The summed E-state index contributed by atoms with van der Waals surface area (Å²) in [6.07, 6.45) is 4.33. The number of carbonyl (C=O) groups excluding carboxylic acids is 1. The molecule has 6 heteroatoms. The molecule has 0 spiro atoms. The average molecular weight is 365 g/mol. The summed E-state index contributed by atoms with van der Waals surface area (Å²) >= 11 is 0. The molecule has 140 valence electrons. The fraction of sp³-hybridized carbons (Fsp3) is 0.333. The minimum Gasteiger partial charge on any atom is -0.492 e. The second-order valence-electron chi connectivity index (χ2n) is 7.25. The van der Waals surface area contributed by atoms with E-state index in [4.69, 9.17) is 9.47 Å². The summed E-state index contributed by atoms with van der Waals surface area (Å²) < 4.78 is 13.3. The van der Waals surface area contributed by atoms with Gasteiger partial charge in [0.1, 0.15) is 29.4 Å². The van der Waals surface area contributed by atoms with E-state index in [1.165, 1.54) is 0 Å². The van der Waals surface area contributed by atoms with Crippen molar-refractivity contribution >= 4 is 11.6 Å². The molecule has 0 saturated heterocycles. The molecule has 6 nitrogen and oxygen atoms in total. The number of carbonyl (C=O) groups is 1. The lowest BCUT2D eigenvalue weighted by Gasteiger charge is -2.25. The Bertz CT molecular complexity index is 964. The third-order valence-electron chi connectivity index (χ3n) is 4.45. The second-order valence-corrected chi connectivity index (χ2v) is 7.25. The Morgan fingerprint density at radius 3 is 3.00 bits per heavy atom. The Balaban J connectivity index is 1.45. The van der Waals surface area contributed by atoms with Crippen LogP contribution >= 0.6 is 0 Å². The van der Waals surface area contributed by atoms with Crippen LogP contribution in [0.3, 0.4) is 0 Å². The molecule has 1 N–H and O–H groups in total. The summed E-state index contributed by atoms with van der Waals surface area (Å²) in [5.74, 6) is 1.91. The van der Waals surface area contributed by atoms with E-state index in [9.17, 15) is 4.79 Å². The zero-order valence-electron chi connectivity index (χ0n) is 15.5. The van der Waals surface area contributed by atoms with Gasteiger partial charge >= 0.3 is 0 Å². The topological polar surface area (TPSA) is 64.9 Å². The number of hydrogen-bond acceptors (Lipinski definition) is 4. The fourth-order valence-corrected chi connectivity index (χ4v) is 3.11. The van der Waals surface area contributed by atoms with Crippen LogP contribution in [0.5, 0.6) is 11.5 Å². The van der Waals surface area contributed by atoms with Crippen molar-refractivity contribution in [1.82, 2.24) is 14.7 Å². The van der Waals surface area contributed by atoms with Crippen molar-refractivity contribution in [3.63, 3.8) is 0 Å². The Kier molecular flexibility index (Phi) is 4.71. The predicted molar refractivity (Wildman–Crippen MR) is 102 cm³/mol. The van der Waals surface area contributed by atoms with Crippen LogP contribution in [0.15, 0.2) is 48.8 Å². The van der Waals surface area contributed by atoms with Gasteiger partial charge in [-0.05, 0) is 36.1 Å². The maximum atomic E-state index is 12.6. The number of nitrogens with one attached hydrogen (secondary N) is 1. The van der Waals surface area contributed by atoms with Crippen LogP contribution in [0.25, 0.3) is 5.65 Å². The van der Waals surface area contributed by atoms with Gasteiger partial charge in [-0.15, -0.1) is 0 Å². The van der Waals surface area contributed by atoms with E-state index in [1.54, 1.807) is 6.20 Å². The van der Waals surface area contributed by atoms with Gasteiger partial charge in [-0.3, -0.25) is 4.79 Å². The zero-order valence-corrected chi connectivity index (χ0v) is 15.5. The van der Waals surface area contributed by atoms with Crippen molar-refractivity contribution in [3.05, 3.63) is 60.0 Å². The highest BCUT2D eigenvalue weighted by molar-refractivity contribution is 5.93. The Labute approximate surface area is 158 Å². The van der Waals surface area contributed by atoms with Crippen LogP contribution in [-0.2, 0) is 6.42 Å². The summed E-state index contributed by atoms with van der Waals surface area (Å²) in [6, 6.07) is 11.6. The lowest BCUT2D eigenvalue weighted by molar-refractivity contribution is 0.0911. The maximum absolute atomic E-state index is 12.6. The Hall–Kier alpha value is -3.02. The van der Waals surface area contributed by atoms with Crippen LogP contribution in [0.4, 0.5) is 0 Å². The highest BCUT2D eigenvalue weighted by atomic mass is 16.5. The summed E-state index contributed by atoms with van der Waals surface area (Å²) in [6.45, 7) is 5.32. The average Bonchev–Trinajstić information content (AvgIpc) is 3.10. The molecule has 1 aliphatic rings. The van der Waals surface area contributed by atoms with Gasteiger partial charge in [-0.1, -0.05) is 32.0 Å². The lowest BCUT2D eigenvalue weighted by atomic mass is 10.0. The molecule has 1 amide bonds. The monoisotopic (exact) mass is 365 g/mol. The first kappa shape index (κ1) is 17.4. The van der Waals surface area contributed by atoms with Crippen molar-refractivity contribution in [2.24, 2.45) is 5.92 Å². The standard InChI is InChI=1S/C21H23N3O3/c1-14(2)12-26-17-7-8-20-23-18(11-24(20)10-17)21(25)22-16-9-15-5-3-4-6-19(15)27-13-16/h3-8,10-11,14,16H,9,12-13H2,1-2H3,(H,22,25)/t16-/m1/s1. The molecular formula is C21H23N3O3. The molecule has 0 saturated carbocycles. The minimum atomic E-state index is -0.198. The van der Waals surface area contributed by atoms with E-state index in [0.29, 0.717) is 30.5 Å². The number of pyridine rings is 1. The molecular weight excluding hydrogens is 342 g/mol. The van der Waals surface area contributed by atoms with E-state index in [0.717, 1.165) is 23.5 Å². The van der Waals surface area contributed by atoms with Gasteiger partial charge in [-0.25, -0.2) is 4.98 Å². The third kappa shape index (κ3) is 3.89. The van der Waals surface area contributed by atoms with E-state index in [2.05, 4.69) is 24.1 Å². The number of ether oxygens (including phenoxy) is 2. The molecule has 2 aromatic heterocycles. The third-order valence-corrected chi connectivity index (χ3v) is 4.45. The molecule has 3 heterocycles. The van der Waals surface area contributed by atoms with Crippen LogP contribution < -0.4 is 14.8 Å². The fourth-order valence-electron chi connectivity index (χ4n) is 3.11. The number of imidazole rings is 1. The second kappa shape index (κ2) is 7.31. The Morgan fingerprint density at radius 2 is 2.15 bits per heavy atom. The molecule has 0 bridgehead atoms. The van der Waals surface area contributed by atoms with Crippen LogP contribution in [-0.4, -0.2) is 34.5 Å². The first-order chi connectivity index (χ1) is 13.1. The van der Waals surface area contributed by atoms with Gasteiger partial charge in [0, 0.05) is 6.20 Å². The smallest absolute Gasteiger partial charge is 0.271 e. The Morgan fingerprint density at radius 1 is 1.30 bits per heavy atom. The van der Waals surface area contributed by atoms with Gasteiger partial charge < -0.3 is 19.2 Å². The van der Waals surface area contributed by atoms with E-state index < -0.39 is 0 Å². The molecule has 3 aromatic rings. The highest BCUT2D eigenvalue weighted by Gasteiger charge is 2.22. The number of fused-ring (bicyclic) bond motifs is 2. The SMILES string of the molecule is CC(C)COc1ccc2nc(C(=O)N[C@H]3COc4ccccc4C3)cn2c1. The van der Waals surface area contributed by atoms with E-state index in [-0.39, 0.29) is 11.9 Å². The van der Waals surface area contributed by atoms with Crippen molar-refractivity contribution in [3.8, 4) is 11.5 Å². The van der Waals surface area contributed by atoms with Gasteiger partial charge in [-0.2, -0.15) is 0 Å². The van der Waals surface area contributed by atoms with Crippen molar-refractivity contribution < 1.29 is 14.3 Å². The number of para-hydroxylation sites is 1. The van der Waals surface area contributed by atoms with Crippen molar-refractivity contribution in [1.29, 1.82) is 0 Å². The molecule has 1 aliphatic heterocycles. The predicted octanol–water partition coefficient (Wildman–Crippen LogP) is 3.10. The summed E-state index contributed by atoms with van der Waals surface area (Å²) in [5.41, 5.74) is 2.20. The van der Waals surface area contributed by atoms with Gasteiger partial charge in [0.25, 0.3) is 5.91 Å². The first-order valence-corrected chi connectivity index (χ1v) is 9.21. The molecule has 0 radical (unpaired) electrons.